The van der Waals surface area contributed by atoms with Crippen LogP contribution in [0.15, 0.2) is 109 Å². The lowest BCUT2D eigenvalue weighted by Crippen LogP contribution is -2.62. The number of nitrogens with one attached hydrogen (secondary N) is 14. The lowest BCUT2D eigenvalue weighted by Gasteiger charge is -2.29. The summed E-state index contributed by atoms with van der Waals surface area (Å²) in [5, 5.41) is 84.9. The summed E-state index contributed by atoms with van der Waals surface area (Å²) >= 11 is 0. The van der Waals surface area contributed by atoms with Crippen molar-refractivity contribution in [2.45, 2.75) is 195 Å². The summed E-state index contributed by atoms with van der Waals surface area (Å²) in [5.41, 5.74) is 41.7. The Bertz CT molecular complexity index is 4370. The Morgan fingerprint density at radius 2 is 0.683 bits per heavy atom. The number of hydrogen-bond donors (Lipinski definition) is 26. The Kier molecular flexibility index (Phi) is 43.0. The highest BCUT2D eigenvalue weighted by molar-refractivity contribution is 6.01. The molecule has 1 heterocycles. The summed E-state index contributed by atoms with van der Waals surface area (Å²) in [7, 11) is 0. The van der Waals surface area contributed by atoms with E-state index < -0.39 is 225 Å². The first-order valence-electron chi connectivity index (χ1n) is 40.2. The molecule has 16 amide bonds. The van der Waals surface area contributed by atoms with E-state index in [4.69, 9.17) is 40.1 Å². The van der Waals surface area contributed by atoms with Crippen LogP contribution in [-0.2, 0) is 102 Å². The number of benzene rings is 4. The Hall–Kier alpha value is -12.7. The zero-order valence-corrected chi connectivity index (χ0v) is 68.5. The van der Waals surface area contributed by atoms with Crippen molar-refractivity contribution in [2.75, 3.05) is 46.0 Å². The Labute approximate surface area is 709 Å². The summed E-state index contributed by atoms with van der Waals surface area (Å²) in [6, 6.07) is 5.15. The van der Waals surface area contributed by atoms with E-state index in [1.807, 2.05) is 0 Å². The maximum absolute atomic E-state index is 15.0. The standard InChI is InChI=1S/C81H117N21O21/c1-44(2)68(102-77(119)60(36-47-23-27-50(107)28-24-47)96-73(115)56(20-10-13-33-84)93-78(120)62(41-103)99-69(111)52(85)38-66(87)109)81(123)101-64(43-105)79(121)92-54(18-8-11-31-82)71(113)94-57(29-30-65(86)108)74(116)91-55(19-9-12-32-83)72(114)95-58(34-45-14-4-3-5-15-45)75(117)97-59(35-46-21-25-49(106)26-22-46)76(118)100-63(42-104)80(122)98-61(70(112)90-40-67(88)110)37-48-39-89-53-17-7-6-16-51(48)53/h3-7,14-17,21-28,39,44,52,54-64,68,89,103-107H,8-13,18-20,29-38,40-43,82-85H2,1-2H3,(H2,86,108)(H2,87,109)(H2,88,110)(H,90,112)(H,91,116)(H,92,121)(H,93,120)(H,94,113)(H,95,114)(H,96,115)(H,97,117)(H,98,122)(H,99,111)(H,100,118)(H,101,123)(H,102,119)/t52-,54-,55-,56-,57-,58-,59-,60-,61-,62-,63-,64-,68-/m0/s1. The lowest BCUT2D eigenvalue weighted by molar-refractivity contribution is -0.137. The van der Waals surface area contributed by atoms with E-state index in [1.54, 1.807) is 60.8 Å². The van der Waals surface area contributed by atoms with Gasteiger partial charge in [-0.2, -0.15) is 0 Å². The maximum Gasteiger partial charge on any atom is 0.245 e. The van der Waals surface area contributed by atoms with Crippen molar-refractivity contribution >= 4 is 105 Å². The van der Waals surface area contributed by atoms with Gasteiger partial charge in [0.05, 0.1) is 38.8 Å². The van der Waals surface area contributed by atoms with Gasteiger partial charge in [-0.25, -0.2) is 0 Å². The summed E-state index contributed by atoms with van der Waals surface area (Å²) < 4.78 is 0. The van der Waals surface area contributed by atoms with Crippen LogP contribution in [0.5, 0.6) is 11.5 Å². The quantitative estimate of drug-likeness (QED) is 0.0161. The van der Waals surface area contributed by atoms with Gasteiger partial charge in [-0.3, -0.25) is 76.7 Å². The zero-order valence-electron chi connectivity index (χ0n) is 68.5. The number of aliphatic hydroxyl groups excluding tert-OH is 3. The van der Waals surface area contributed by atoms with Crippen LogP contribution >= 0.6 is 0 Å². The van der Waals surface area contributed by atoms with Crippen LogP contribution in [0.25, 0.3) is 10.9 Å². The minimum absolute atomic E-state index is 0.0998. The van der Waals surface area contributed by atoms with Crippen LogP contribution in [0.3, 0.4) is 0 Å². The van der Waals surface area contributed by atoms with Crippen LogP contribution in [0.4, 0.5) is 0 Å². The van der Waals surface area contributed by atoms with Crippen molar-refractivity contribution in [1.29, 1.82) is 0 Å². The molecule has 4 aromatic carbocycles. The number of unbranched alkanes of at least 4 members (excludes halogenated alkanes) is 3. The molecule has 0 spiro atoms. The maximum atomic E-state index is 15.0. The van der Waals surface area contributed by atoms with Crippen molar-refractivity contribution in [3.63, 3.8) is 0 Å². The summed E-state index contributed by atoms with van der Waals surface area (Å²) in [5.74, 6) is -17.4. The number of fused-ring (bicyclic) bond motifs is 1. The number of aromatic nitrogens is 1. The number of amides is 16. The highest BCUT2D eigenvalue weighted by atomic mass is 16.3. The van der Waals surface area contributed by atoms with Gasteiger partial charge in [0.15, 0.2) is 0 Å². The molecule has 33 N–H and O–H groups in total. The van der Waals surface area contributed by atoms with E-state index in [0.29, 0.717) is 46.0 Å². The number of carbonyl (C=O) groups excluding carboxylic acids is 16. The molecule has 0 aliphatic rings. The monoisotopic (exact) mass is 1720 g/mol. The molecule has 0 unspecified atom stereocenters. The lowest BCUT2D eigenvalue weighted by atomic mass is 10.00. The molecule has 0 radical (unpaired) electrons. The third-order valence-corrected chi connectivity index (χ3v) is 19.6. The molecule has 0 saturated carbocycles. The second-order valence-corrected chi connectivity index (χ2v) is 29.8. The number of phenols is 2. The number of phenolic OH excluding ortho intramolecular Hbond substituents is 2. The van der Waals surface area contributed by atoms with Crippen molar-refractivity contribution in [3.8, 4) is 11.5 Å². The van der Waals surface area contributed by atoms with E-state index in [9.17, 15) is 102 Å². The number of carbonyl (C=O) groups is 16. The SMILES string of the molecule is CC(C)[C@H](NC(=O)[C@H](Cc1ccc(O)cc1)NC(=O)[C@H](CCCCN)NC(=O)[C@H](CO)NC(=O)[C@@H](N)CC(N)=O)C(=O)N[C@@H](CO)C(=O)N[C@@H](CCCCN)C(=O)N[C@@H](CCC(N)=O)C(=O)N[C@@H](CCCCN)C(=O)N[C@@H](Cc1ccccc1)C(=O)N[C@@H](Cc1ccc(O)cc1)C(=O)N[C@@H](CO)C(=O)N[C@@H](Cc1c[nH]c2ccccc12)C(=O)NCC(N)=O. The van der Waals surface area contributed by atoms with E-state index in [0.717, 1.165) is 0 Å². The molecule has 0 aliphatic carbocycles. The fraction of sp³-hybridized carbons (Fsp3) is 0.481. The fourth-order valence-corrected chi connectivity index (χ4v) is 12.8. The molecule has 13 atom stereocenters. The minimum Gasteiger partial charge on any atom is -0.508 e. The van der Waals surface area contributed by atoms with Gasteiger partial charge in [0.2, 0.25) is 94.5 Å². The minimum atomic E-state index is -1.88. The molecule has 5 aromatic rings. The Morgan fingerprint density at radius 1 is 0.350 bits per heavy atom. The zero-order chi connectivity index (χ0) is 90.8. The number of nitrogens with two attached hydrogens (primary N) is 7. The van der Waals surface area contributed by atoms with E-state index in [1.165, 1.54) is 62.4 Å². The van der Waals surface area contributed by atoms with Gasteiger partial charge >= 0.3 is 0 Å². The van der Waals surface area contributed by atoms with Gasteiger partial charge < -0.3 is 140 Å². The largest absolute Gasteiger partial charge is 0.508 e. The van der Waals surface area contributed by atoms with Gasteiger partial charge in [0.1, 0.15) is 84.0 Å². The van der Waals surface area contributed by atoms with Crippen molar-refractivity contribution in [2.24, 2.45) is 46.1 Å². The normalized spacial score (nSPS) is 14.3. The summed E-state index contributed by atoms with van der Waals surface area (Å²) in [4.78, 5) is 224. The second kappa shape index (κ2) is 52.4. The number of rotatable bonds is 56. The first-order chi connectivity index (χ1) is 58.6. The Morgan fingerprint density at radius 3 is 1.07 bits per heavy atom. The van der Waals surface area contributed by atoms with Crippen molar-refractivity contribution < 1.29 is 102 Å². The molecular formula is C81H117N21O21. The highest BCUT2D eigenvalue weighted by Gasteiger charge is 2.39. The molecule has 42 nitrogen and oxygen atoms in total. The molecule has 123 heavy (non-hydrogen) atoms. The molecule has 42 heteroatoms. The number of para-hydroxylation sites is 1. The number of aliphatic hydroxyl groups is 3. The van der Waals surface area contributed by atoms with Crippen molar-refractivity contribution in [1.82, 2.24) is 74.1 Å². The first-order valence-corrected chi connectivity index (χ1v) is 40.2. The van der Waals surface area contributed by atoms with Gasteiger partial charge in [-0.15, -0.1) is 0 Å². The van der Waals surface area contributed by atoms with Crippen molar-refractivity contribution in [3.05, 3.63) is 132 Å². The molecule has 1 aromatic heterocycles. The van der Waals surface area contributed by atoms with Gasteiger partial charge in [-0.1, -0.05) is 86.6 Å². The van der Waals surface area contributed by atoms with Crippen LogP contribution in [0, 0.1) is 5.92 Å². The van der Waals surface area contributed by atoms with E-state index in [-0.39, 0.29) is 102 Å². The molecule has 0 aliphatic heterocycles. The smallest absolute Gasteiger partial charge is 0.245 e. The predicted octanol–water partition coefficient (Wildman–Crippen LogP) is -7.24. The molecule has 0 saturated heterocycles. The number of H-pyrrole nitrogens is 1. The molecule has 672 valence electrons. The number of aromatic hydroxyl groups is 2. The third kappa shape index (κ3) is 34.7. The molecule has 5 rings (SSSR count). The van der Waals surface area contributed by atoms with E-state index in [2.05, 4.69) is 74.1 Å². The second-order valence-electron chi connectivity index (χ2n) is 29.8. The van der Waals surface area contributed by atoms with Crippen LogP contribution in [0.1, 0.15) is 113 Å². The topological polar surface area (TPSA) is 729 Å². The number of primary amides is 3. The first kappa shape index (κ1) is 101. The van der Waals surface area contributed by atoms with Crippen LogP contribution < -0.4 is 109 Å². The average molecular weight is 1720 g/mol. The number of hydrogen-bond acceptors (Lipinski definition) is 25. The molecular weight excluding hydrogens is 1600 g/mol. The van der Waals surface area contributed by atoms with Gasteiger partial charge in [0, 0.05) is 49.2 Å². The Balaban J connectivity index is 1.39. The predicted molar refractivity (Wildman–Crippen MR) is 446 cm³/mol. The van der Waals surface area contributed by atoms with E-state index >= 15 is 0 Å². The third-order valence-electron chi connectivity index (χ3n) is 19.6. The number of aromatic amines is 1. The van der Waals surface area contributed by atoms with Gasteiger partial charge in [0.25, 0.3) is 0 Å². The molecule has 0 bridgehead atoms. The van der Waals surface area contributed by atoms with Crippen LogP contribution in [0.2, 0.25) is 0 Å². The highest BCUT2D eigenvalue weighted by Crippen LogP contribution is 2.21. The fourth-order valence-electron chi connectivity index (χ4n) is 12.8. The van der Waals surface area contributed by atoms with Gasteiger partial charge in [-0.05, 0) is 142 Å². The molecule has 0 fully saturated rings. The summed E-state index contributed by atoms with van der Waals surface area (Å²) in [6.07, 6.45) is -0.163. The summed E-state index contributed by atoms with van der Waals surface area (Å²) in [6.45, 7) is -0.392. The van der Waals surface area contributed by atoms with Crippen LogP contribution in [-0.4, -0.2) is 250 Å². The average Bonchev–Trinajstić information content (AvgIpc) is 1.81.